The van der Waals surface area contributed by atoms with E-state index in [4.69, 9.17) is 21.1 Å². The lowest BCUT2D eigenvalue weighted by Crippen LogP contribution is -2.33. The van der Waals surface area contributed by atoms with Crippen LogP contribution in [-0.4, -0.2) is 33.4 Å². The van der Waals surface area contributed by atoms with Crippen molar-refractivity contribution in [3.8, 4) is 5.75 Å². The average Bonchev–Trinajstić information content (AvgIpc) is 2.24. The van der Waals surface area contributed by atoms with Crippen molar-refractivity contribution >= 4 is 11.6 Å². The molecule has 0 amide bonds. The van der Waals surface area contributed by atoms with E-state index in [1.165, 1.54) is 12.1 Å². The number of ether oxygens (including phenoxy) is 2. The fourth-order valence-electron chi connectivity index (χ4n) is 1.29. The van der Waals surface area contributed by atoms with Gasteiger partial charge in [-0.2, -0.15) is 0 Å². The summed E-state index contributed by atoms with van der Waals surface area (Å²) >= 11 is 5.65. The van der Waals surface area contributed by atoms with Gasteiger partial charge in [-0.3, -0.25) is 0 Å². The zero-order chi connectivity index (χ0) is 12.0. The van der Waals surface area contributed by atoms with Crippen LogP contribution >= 0.6 is 11.6 Å². The molecule has 0 fully saturated rings. The largest absolute Gasteiger partial charge is 0.487 e. The highest BCUT2D eigenvalue weighted by atomic mass is 35.5. The van der Waals surface area contributed by atoms with Gasteiger partial charge in [-0.15, -0.1) is 0 Å². The first kappa shape index (κ1) is 13.2. The maximum atomic E-state index is 12.9. The third-order valence-electron chi connectivity index (χ3n) is 1.98. The van der Waals surface area contributed by atoms with E-state index in [-0.39, 0.29) is 11.1 Å². The summed E-state index contributed by atoms with van der Waals surface area (Å²) in [4.78, 5) is 0. The summed E-state index contributed by atoms with van der Waals surface area (Å²) in [5, 5.41) is 3.04. The molecule has 0 saturated carbocycles. The van der Waals surface area contributed by atoms with Crippen LogP contribution < -0.4 is 10.1 Å². The highest BCUT2D eigenvalue weighted by molar-refractivity contribution is 6.30. The number of hydrogen-bond acceptors (Lipinski definition) is 3. The van der Waals surface area contributed by atoms with Gasteiger partial charge in [0.2, 0.25) is 0 Å². The van der Waals surface area contributed by atoms with E-state index < -0.39 is 5.82 Å². The second kappa shape index (κ2) is 6.68. The Balaban J connectivity index is 2.65. The predicted octanol–water partition coefficient (Wildman–Crippen LogP) is 2.09. The van der Waals surface area contributed by atoms with E-state index >= 15 is 0 Å². The van der Waals surface area contributed by atoms with Crippen molar-refractivity contribution in [2.75, 3.05) is 27.3 Å². The minimum absolute atomic E-state index is 0.0538. The number of halogens is 2. The zero-order valence-electron chi connectivity index (χ0n) is 9.30. The highest BCUT2D eigenvalue weighted by Gasteiger charge is 2.10. The summed E-state index contributed by atoms with van der Waals surface area (Å²) in [7, 11) is 3.42. The molecule has 0 aliphatic rings. The van der Waals surface area contributed by atoms with Crippen molar-refractivity contribution in [1.82, 2.24) is 5.32 Å². The fourth-order valence-corrected chi connectivity index (χ4v) is 1.46. The Hall–Kier alpha value is -0.840. The molecular formula is C11H15ClFNO2. The Morgan fingerprint density at radius 1 is 1.50 bits per heavy atom. The molecule has 0 radical (unpaired) electrons. The Morgan fingerprint density at radius 2 is 2.25 bits per heavy atom. The molecule has 1 aromatic carbocycles. The van der Waals surface area contributed by atoms with E-state index in [1.807, 2.05) is 7.05 Å². The SMILES string of the molecule is CNCC(COC)Oc1ccc(F)c(Cl)c1. The van der Waals surface area contributed by atoms with Crippen molar-refractivity contribution in [3.05, 3.63) is 29.0 Å². The molecule has 0 saturated heterocycles. The van der Waals surface area contributed by atoms with E-state index in [1.54, 1.807) is 13.2 Å². The fraction of sp³-hybridized carbons (Fsp3) is 0.455. The van der Waals surface area contributed by atoms with Crippen LogP contribution in [0.25, 0.3) is 0 Å². The van der Waals surface area contributed by atoms with Crippen molar-refractivity contribution in [1.29, 1.82) is 0 Å². The zero-order valence-corrected chi connectivity index (χ0v) is 10.1. The van der Waals surface area contributed by atoms with Crippen LogP contribution in [0.4, 0.5) is 4.39 Å². The third kappa shape index (κ3) is 3.96. The first-order valence-electron chi connectivity index (χ1n) is 4.92. The van der Waals surface area contributed by atoms with E-state index in [0.717, 1.165) is 0 Å². The van der Waals surface area contributed by atoms with Gasteiger partial charge < -0.3 is 14.8 Å². The first-order chi connectivity index (χ1) is 7.67. The van der Waals surface area contributed by atoms with Gasteiger partial charge in [0.25, 0.3) is 0 Å². The first-order valence-corrected chi connectivity index (χ1v) is 5.30. The molecule has 1 N–H and O–H groups in total. The molecule has 0 bridgehead atoms. The topological polar surface area (TPSA) is 30.5 Å². The summed E-state index contributed by atoms with van der Waals surface area (Å²) in [6.07, 6.45) is -0.128. The molecular weight excluding hydrogens is 233 g/mol. The Kier molecular flexibility index (Phi) is 5.52. The molecule has 0 aliphatic heterocycles. The lowest BCUT2D eigenvalue weighted by Gasteiger charge is -2.18. The summed E-state index contributed by atoms with van der Waals surface area (Å²) in [5.74, 6) is 0.0784. The third-order valence-corrected chi connectivity index (χ3v) is 2.27. The number of likely N-dealkylation sites (N-methyl/N-ethyl adjacent to an activating group) is 1. The quantitative estimate of drug-likeness (QED) is 0.835. The van der Waals surface area contributed by atoms with Crippen molar-refractivity contribution in [2.45, 2.75) is 6.10 Å². The van der Waals surface area contributed by atoms with Gasteiger partial charge in [0, 0.05) is 19.7 Å². The van der Waals surface area contributed by atoms with E-state index in [0.29, 0.717) is 18.9 Å². The van der Waals surface area contributed by atoms with Gasteiger partial charge in [-0.1, -0.05) is 11.6 Å². The minimum Gasteiger partial charge on any atom is -0.487 e. The molecule has 1 unspecified atom stereocenters. The van der Waals surface area contributed by atoms with Gasteiger partial charge in [0.15, 0.2) is 0 Å². The lowest BCUT2D eigenvalue weighted by molar-refractivity contribution is 0.0818. The maximum absolute atomic E-state index is 12.9. The molecule has 3 nitrogen and oxygen atoms in total. The molecule has 1 atom stereocenters. The highest BCUT2D eigenvalue weighted by Crippen LogP contribution is 2.21. The second-order valence-electron chi connectivity index (χ2n) is 3.33. The van der Waals surface area contributed by atoms with Crippen LogP contribution in [0.1, 0.15) is 0 Å². The standard InChI is InChI=1S/C11H15ClFNO2/c1-14-6-9(7-15-2)16-8-3-4-11(13)10(12)5-8/h3-5,9,14H,6-7H2,1-2H3. The van der Waals surface area contributed by atoms with Crippen molar-refractivity contribution < 1.29 is 13.9 Å². The minimum atomic E-state index is -0.453. The molecule has 1 rings (SSSR count). The van der Waals surface area contributed by atoms with Crippen LogP contribution in [0.2, 0.25) is 5.02 Å². The van der Waals surface area contributed by atoms with Crippen LogP contribution in [0.5, 0.6) is 5.75 Å². The number of nitrogens with one attached hydrogen (secondary N) is 1. The Bertz CT molecular complexity index is 330. The molecule has 5 heteroatoms. The number of rotatable bonds is 6. The molecule has 0 spiro atoms. The van der Waals surface area contributed by atoms with Gasteiger partial charge >= 0.3 is 0 Å². The molecule has 16 heavy (non-hydrogen) atoms. The maximum Gasteiger partial charge on any atom is 0.142 e. The summed E-state index contributed by atoms with van der Waals surface area (Å²) in [6, 6.07) is 4.27. The normalized spacial score (nSPS) is 12.5. The van der Waals surface area contributed by atoms with Gasteiger partial charge in [0.05, 0.1) is 11.6 Å². The lowest BCUT2D eigenvalue weighted by atomic mass is 10.3. The molecule has 0 aromatic heterocycles. The summed E-state index contributed by atoms with van der Waals surface area (Å²) in [6.45, 7) is 1.10. The number of benzene rings is 1. The van der Waals surface area contributed by atoms with E-state index in [9.17, 15) is 4.39 Å². The van der Waals surface area contributed by atoms with Crippen LogP contribution in [-0.2, 0) is 4.74 Å². The van der Waals surface area contributed by atoms with Gasteiger partial charge in [-0.05, 0) is 19.2 Å². The van der Waals surface area contributed by atoms with Gasteiger partial charge in [0.1, 0.15) is 17.7 Å². The van der Waals surface area contributed by atoms with Crippen molar-refractivity contribution in [3.63, 3.8) is 0 Å². The summed E-state index contributed by atoms with van der Waals surface area (Å²) < 4.78 is 23.5. The number of methoxy groups -OCH3 is 1. The predicted molar refractivity (Wildman–Crippen MR) is 61.6 cm³/mol. The van der Waals surface area contributed by atoms with Crippen molar-refractivity contribution in [2.24, 2.45) is 0 Å². The Morgan fingerprint density at radius 3 is 2.81 bits per heavy atom. The molecule has 0 heterocycles. The number of hydrogen-bond donors (Lipinski definition) is 1. The molecule has 90 valence electrons. The smallest absolute Gasteiger partial charge is 0.142 e. The molecule has 0 aliphatic carbocycles. The summed E-state index contributed by atoms with van der Waals surface area (Å²) in [5.41, 5.74) is 0. The van der Waals surface area contributed by atoms with Gasteiger partial charge in [-0.25, -0.2) is 4.39 Å². The average molecular weight is 248 g/mol. The van der Waals surface area contributed by atoms with Crippen LogP contribution in [0.3, 0.4) is 0 Å². The second-order valence-corrected chi connectivity index (χ2v) is 3.74. The Labute approximate surface area is 99.5 Å². The monoisotopic (exact) mass is 247 g/mol. The molecule has 1 aromatic rings. The van der Waals surface area contributed by atoms with E-state index in [2.05, 4.69) is 5.32 Å². The van der Waals surface area contributed by atoms with Crippen LogP contribution in [0.15, 0.2) is 18.2 Å². The van der Waals surface area contributed by atoms with Crippen LogP contribution in [0, 0.1) is 5.82 Å².